The fourth-order valence-electron chi connectivity index (χ4n) is 4.40. The van der Waals surface area contributed by atoms with Gasteiger partial charge in [-0.1, -0.05) is 27.2 Å². The van der Waals surface area contributed by atoms with E-state index in [0.717, 1.165) is 71.9 Å². The second-order valence-electron chi connectivity index (χ2n) is 10.0. The quantitative estimate of drug-likeness (QED) is 0.526. The zero-order valence-corrected chi connectivity index (χ0v) is 23.9. The number of likely N-dealkylation sites (tertiary alicyclic amines) is 1. The summed E-state index contributed by atoms with van der Waals surface area (Å²) < 4.78 is 0. The third-order valence-electron chi connectivity index (χ3n) is 7.06. The average molecular weight is 511 g/mol. The van der Waals surface area contributed by atoms with E-state index in [1.165, 1.54) is 32.4 Å². The van der Waals surface area contributed by atoms with Crippen LogP contribution in [0.5, 0.6) is 0 Å². The van der Waals surface area contributed by atoms with Gasteiger partial charge in [-0.05, 0) is 53.0 Å². The van der Waals surface area contributed by atoms with Crippen molar-refractivity contribution < 1.29 is 14.4 Å². The van der Waals surface area contributed by atoms with E-state index in [-0.39, 0.29) is 17.7 Å². The standard InChI is InChI=1S/C11H22N2O.2C8H16N2O/c1-2-11(14)12-7-6-10-13-8-4-3-5-9-13;2*1-3-8(11)10-6-4-9(2)5-7-10/h2-10H2,1H3,(H,12,14);2*3-7H2,1-2H3. The van der Waals surface area contributed by atoms with E-state index in [1.807, 2.05) is 30.6 Å². The van der Waals surface area contributed by atoms with Gasteiger partial charge in [0.2, 0.25) is 17.7 Å². The molecule has 3 rings (SSSR count). The van der Waals surface area contributed by atoms with Crippen LogP contribution in [-0.4, -0.2) is 135 Å². The number of nitrogens with zero attached hydrogens (tertiary/aromatic N) is 5. The molecular formula is C27H54N6O3. The molecule has 36 heavy (non-hydrogen) atoms. The van der Waals surface area contributed by atoms with Crippen molar-refractivity contribution >= 4 is 17.7 Å². The maximum absolute atomic E-state index is 11.2. The first-order valence-corrected chi connectivity index (χ1v) is 14.2. The first-order valence-electron chi connectivity index (χ1n) is 14.2. The zero-order chi connectivity index (χ0) is 26.8. The topological polar surface area (TPSA) is 79.4 Å². The summed E-state index contributed by atoms with van der Waals surface area (Å²) in [5.41, 5.74) is 0. The van der Waals surface area contributed by atoms with Gasteiger partial charge in [0.1, 0.15) is 0 Å². The molecule has 0 aromatic heterocycles. The zero-order valence-electron chi connectivity index (χ0n) is 23.9. The van der Waals surface area contributed by atoms with Crippen LogP contribution in [0.3, 0.4) is 0 Å². The molecule has 0 unspecified atom stereocenters. The molecule has 3 aliphatic rings. The van der Waals surface area contributed by atoms with Crippen molar-refractivity contribution in [1.29, 1.82) is 0 Å². The van der Waals surface area contributed by atoms with Gasteiger partial charge in [0, 0.05) is 78.2 Å². The number of carbonyl (C=O) groups excluding carboxylic acids is 3. The van der Waals surface area contributed by atoms with E-state index in [2.05, 4.69) is 34.1 Å². The fourth-order valence-corrected chi connectivity index (χ4v) is 4.40. The molecular weight excluding hydrogens is 456 g/mol. The molecule has 9 nitrogen and oxygen atoms in total. The Balaban J connectivity index is 0.000000273. The molecule has 1 N–H and O–H groups in total. The third kappa shape index (κ3) is 14.1. The van der Waals surface area contributed by atoms with E-state index >= 15 is 0 Å². The maximum Gasteiger partial charge on any atom is 0.222 e. The first-order chi connectivity index (χ1) is 17.3. The molecule has 3 saturated heterocycles. The van der Waals surface area contributed by atoms with Crippen LogP contribution in [0.2, 0.25) is 0 Å². The first kappa shape index (κ1) is 32.3. The van der Waals surface area contributed by atoms with Gasteiger partial charge in [0.25, 0.3) is 0 Å². The van der Waals surface area contributed by atoms with Gasteiger partial charge in [0.15, 0.2) is 0 Å². The van der Waals surface area contributed by atoms with Crippen molar-refractivity contribution in [1.82, 2.24) is 29.8 Å². The highest BCUT2D eigenvalue weighted by molar-refractivity contribution is 5.76. The number of amides is 3. The summed E-state index contributed by atoms with van der Waals surface area (Å²) in [5.74, 6) is 0.750. The number of rotatable bonds is 7. The van der Waals surface area contributed by atoms with Crippen LogP contribution in [0.25, 0.3) is 0 Å². The molecule has 9 heteroatoms. The van der Waals surface area contributed by atoms with E-state index in [0.29, 0.717) is 19.3 Å². The largest absolute Gasteiger partial charge is 0.356 e. The summed E-state index contributed by atoms with van der Waals surface area (Å²) in [7, 11) is 4.18. The van der Waals surface area contributed by atoms with Gasteiger partial charge in [-0.3, -0.25) is 14.4 Å². The highest BCUT2D eigenvalue weighted by Crippen LogP contribution is 2.08. The lowest BCUT2D eigenvalue weighted by Crippen LogP contribution is -2.46. The number of nitrogens with one attached hydrogen (secondary N) is 1. The van der Waals surface area contributed by atoms with E-state index in [4.69, 9.17) is 0 Å². The SMILES string of the molecule is CCC(=O)N1CCN(C)CC1.CCC(=O)N1CCN(C)CC1.CCC(=O)NCCCN1CCCCC1. The Bertz CT molecular complexity index is 577. The highest BCUT2D eigenvalue weighted by Gasteiger charge is 2.17. The van der Waals surface area contributed by atoms with E-state index in [1.54, 1.807) is 0 Å². The molecule has 0 saturated carbocycles. The van der Waals surface area contributed by atoms with Crippen LogP contribution in [0.4, 0.5) is 0 Å². The van der Waals surface area contributed by atoms with Crippen LogP contribution >= 0.6 is 0 Å². The van der Waals surface area contributed by atoms with Crippen LogP contribution in [0.15, 0.2) is 0 Å². The monoisotopic (exact) mass is 510 g/mol. The average Bonchev–Trinajstić information content (AvgIpc) is 2.92. The fraction of sp³-hybridized carbons (Fsp3) is 0.889. The lowest BCUT2D eigenvalue weighted by Gasteiger charge is -2.32. The Labute approximate surface area is 220 Å². The molecule has 0 aromatic carbocycles. The number of piperazine rings is 2. The predicted molar refractivity (Wildman–Crippen MR) is 147 cm³/mol. The molecule has 3 fully saturated rings. The summed E-state index contributed by atoms with van der Waals surface area (Å²) in [6.45, 7) is 17.9. The van der Waals surface area contributed by atoms with Crippen molar-refractivity contribution in [2.24, 2.45) is 0 Å². The lowest BCUT2D eigenvalue weighted by molar-refractivity contribution is -0.133. The molecule has 3 aliphatic heterocycles. The van der Waals surface area contributed by atoms with Gasteiger partial charge in [-0.15, -0.1) is 0 Å². The summed E-state index contributed by atoms with van der Waals surface area (Å²) in [4.78, 5) is 44.2. The molecule has 3 heterocycles. The van der Waals surface area contributed by atoms with Crippen molar-refractivity contribution in [3.8, 4) is 0 Å². The molecule has 0 atom stereocenters. The Hall–Kier alpha value is -1.71. The molecule has 210 valence electrons. The number of hydrogen-bond donors (Lipinski definition) is 1. The minimum Gasteiger partial charge on any atom is -0.356 e. The molecule has 0 bridgehead atoms. The van der Waals surface area contributed by atoms with Crippen LogP contribution in [-0.2, 0) is 14.4 Å². The van der Waals surface area contributed by atoms with Gasteiger partial charge in [0.05, 0.1) is 0 Å². The smallest absolute Gasteiger partial charge is 0.222 e. The van der Waals surface area contributed by atoms with Crippen LogP contribution in [0.1, 0.15) is 65.7 Å². The van der Waals surface area contributed by atoms with Crippen molar-refractivity contribution in [2.75, 3.05) is 92.6 Å². The summed E-state index contributed by atoms with van der Waals surface area (Å²) in [6.07, 6.45) is 7.06. The molecule has 0 spiro atoms. The minimum atomic E-state index is 0.170. The Morgan fingerprint density at radius 3 is 1.44 bits per heavy atom. The molecule has 0 aliphatic carbocycles. The second-order valence-corrected chi connectivity index (χ2v) is 10.0. The second kappa shape index (κ2) is 19.4. The lowest BCUT2D eigenvalue weighted by atomic mass is 10.1. The third-order valence-corrected chi connectivity index (χ3v) is 7.06. The van der Waals surface area contributed by atoms with Crippen LogP contribution < -0.4 is 5.32 Å². The van der Waals surface area contributed by atoms with Crippen molar-refractivity contribution in [2.45, 2.75) is 65.7 Å². The van der Waals surface area contributed by atoms with Crippen molar-refractivity contribution in [3.63, 3.8) is 0 Å². The van der Waals surface area contributed by atoms with Crippen molar-refractivity contribution in [3.05, 3.63) is 0 Å². The number of carbonyl (C=O) groups is 3. The number of hydrogen-bond acceptors (Lipinski definition) is 6. The summed E-state index contributed by atoms with van der Waals surface area (Å²) >= 11 is 0. The highest BCUT2D eigenvalue weighted by atomic mass is 16.2. The van der Waals surface area contributed by atoms with Gasteiger partial charge < -0.3 is 29.8 Å². The summed E-state index contributed by atoms with van der Waals surface area (Å²) in [6, 6.07) is 0. The normalized spacial score (nSPS) is 19.5. The molecule has 0 radical (unpaired) electrons. The van der Waals surface area contributed by atoms with E-state index < -0.39 is 0 Å². The number of piperidine rings is 1. The van der Waals surface area contributed by atoms with Crippen LogP contribution in [0, 0.1) is 0 Å². The Morgan fingerprint density at radius 2 is 1.06 bits per heavy atom. The van der Waals surface area contributed by atoms with E-state index in [9.17, 15) is 14.4 Å². The predicted octanol–water partition coefficient (Wildman–Crippen LogP) is 1.73. The maximum atomic E-state index is 11.2. The molecule has 0 aromatic rings. The van der Waals surface area contributed by atoms with Gasteiger partial charge >= 0.3 is 0 Å². The van der Waals surface area contributed by atoms with Gasteiger partial charge in [-0.2, -0.15) is 0 Å². The molecule has 3 amide bonds. The minimum absolute atomic E-state index is 0.170. The summed E-state index contributed by atoms with van der Waals surface area (Å²) in [5, 5.41) is 2.91. The number of likely N-dealkylation sites (N-methyl/N-ethyl adjacent to an activating group) is 2. The Morgan fingerprint density at radius 1 is 0.611 bits per heavy atom. The van der Waals surface area contributed by atoms with Gasteiger partial charge in [-0.25, -0.2) is 0 Å². The Kier molecular flexibility index (Phi) is 17.4.